The number of allylic oxidation sites excluding steroid dienone is 2. The number of hydrogen-bond donors (Lipinski definition) is 1. The lowest BCUT2D eigenvalue weighted by molar-refractivity contribution is -0.167. The second-order valence-electron chi connectivity index (χ2n) is 13.0. The van der Waals surface area contributed by atoms with Crippen LogP contribution < -0.4 is 0 Å². The molecule has 0 spiro atoms. The van der Waals surface area contributed by atoms with Gasteiger partial charge in [-0.2, -0.15) is 0 Å². The largest absolute Gasteiger partial charge is 0.459 e. The van der Waals surface area contributed by atoms with Crippen molar-refractivity contribution in [2.24, 2.45) is 10.8 Å². The summed E-state index contributed by atoms with van der Waals surface area (Å²) >= 11 is 0. The van der Waals surface area contributed by atoms with E-state index in [1.54, 1.807) is 17.1 Å². The monoisotopic (exact) mass is 588 g/mol. The first kappa shape index (κ1) is 33.8. The van der Waals surface area contributed by atoms with Gasteiger partial charge in [-0.05, 0) is 58.6 Å². The number of ether oxygens (including phenoxy) is 1. The standard InChI is InChI=1S/C20H27NO3.C16H21NO2/c1-6-12-20(18(23)24-19(3,4)5)13-17(22)21(14-20)15(2)16-10-8-7-9-11-16;1-3-9-16(12-18)10-15(19)17(11-16)13(2)14-7-5-4-6-8-14/h6-11,15H,1,12-14H2,2-5H3;3-8,13,18H,1,9-12H2,2H3/t15-,20-;13-,16-/m11/s1. The highest BCUT2D eigenvalue weighted by atomic mass is 16.6. The van der Waals surface area contributed by atoms with E-state index in [9.17, 15) is 19.5 Å². The van der Waals surface area contributed by atoms with Crippen LogP contribution in [0.4, 0.5) is 0 Å². The fraction of sp³-hybridized carbons (Fsp3) is 0.472. The molecule has 4 atom stereocenters. The summed E-state index contributed by atoms with van der Waals surface area (Å²) in [6, 6.07) is 19.8. The van der Waals surface area contributed by atoms with Crippen LogP contribution >= 0.6 is 0 Å². The Bertz CT molecular complexity index is 1270. The molecule has 232 valence electrons. The van der Waals surface area contributed by atoms with Crippen molar-refractivity contribution in [2.45, 2.75) is 78.0 Å². The van der Waals surface area contributed by atoms with Gasteiger partial charge in [0.1, 0.15) is 5.60 Å². The van der Waals surface area contributed by atoms with E-state index in [1.807, 2.05) is 100 Å². The van der Waals surface area contributed by atoms with Crippen LogP contribution in [0.1, 0.15) is 83.5 Å². The zero-order chi connectivity index (χ0) is 31.8. The van der Waals surface area contributed by atoms with Gasteiger partial charge in [0.05, 0.1) is 24.1 Å². The number of nitrogens with zero attached hydrogens (tertiary/aromatic N) is 2. The molecule has 2 aromatic rings. The minimum atomic E-state index is -0.838. The number of esters is 1. The van der Waals surface area contributed by atoms with Crippen molar-refractivity contribution in [3.8, 4) is 0 Å². The van der Waals surface area contributed by atoms with Crippen molar-refractivity contribution in [1.29, 1.82) is 0 Å². The van der Waals surface area contributed by atoms with E-state index < -0.39 is 11.0 Å². The van der Waals surface area contributed by atoms with E-state index in [0.717, 1.165) is 11.1 Å². The Hall–Kier alpha value is -3.71. The predicted octanol–water partition coefficient (Wildman–Crippen LogP) is 6.42. The van der Waals surface area contributed by atoms with Crippen molar-refractivity contribution in [1.82, 2.24) is 9.80 Å². The molecule has 2 amide bonds. The predicted molar refractivity (Wildman–Crippen MR) is 170 cm³/mol. The highest BCUT2D eigenvalue weighted by Gasteiger charge is 2.51. The zero-order valence-corrected chi connectivity index (χ0v) is 26.4. The number of rotatable bonds is 10. The molecule has 0 saturated carbocycles. The maximum atomic E-state index is 12.8. The van der Waals surface area contributed by atoms with Crippen LogP contribution in [-0.2, 0) is 19.1 Å². The number of aliphatic hydroxyl groups excluding tert-OH is 1. The first-order valence-corrected chi connectivity index (χ1v) is 15.1. The maximum Gasteiger partial charge on any atom is 0.315 e. The number of likely N-dealkylation sites (tertiary alicyclic amines) is 2. The minimum Gasteiger partial charge on any atom is -0.459 e. The van der Waals surface area contributed by atoms with Crippen molar-refractivity contribution >= 4 is 17.8 Å². The number of hydrogen-bond acceptors (Lipinski definition) is 5. The molecule has 0 aliphatic carbocycles. The van der Waals surface area contributed by atoms with E-state index in [1.165, 1.54) is 0 Å². The summed E-state index contributed by atoms with van der Waals surface area (Å²) in [5.74, 6) is -0.211. The van der Waals surface area contributed by atoms with Crippen LogP contribution in [0.15, 0.2) is 86.0 Å². The highest BCUT2D eigenvalue weighted by Crippen LogP contribution is 2.41. The van der Waals surface area contributed by atoms with E-state index in [-0.39, 0.29) is 48.3 Å². The van der Waals surface area contributed by atoms with Gasteiger partial charge < -0.3 is 19.6 Å². The molecule has 7 nitrogen and oxygen atoms in total. The first-order chi connectivity index (χ1) is 20.3. The molecule has 2 fully saturated rings. The SMILES string of the molecule is C=CC[C@@]1(C(=O)OC(C)(C)C)CC(=O)N([C@H](C)c2ccccc2)C1.C=CC[C@@]1(CO)CC(=O)N([C@H](C)c2ccccc2)C1. The summed E-state index contributed by atoms with van der Waals surface area (Å²) in [5.41, 5.74) is 0.428. The summed E-state index contributed by atoms with van der Waals surface area (Å²) in [6.45, 7) is 18.0. The number of aliphatic hydroxyl groups is 1. The molecular weight excluding hydrogens is 540 g/mol. The maximum absolute atomic E-state index is 12.8. The Morgan fingerprint density at radius 1 is 0.860 bits per heavy atom. The topological polar surface area (TPSA) is 87.1 Å². The molecule has 1 N–H and O–H groups in total. The molecule has 43 heavy (non-hydrogen) atoms. The zero-order valence-electron chi connectivity index (χ0n) is 26.4. The third-order valence-corrected chi connectivity index (χ3v) is 8.41. The Kier molecular flexibility index (Phi) is 11.1. The Morgan fingerprint density at radius 2 is 1.33 bits per heavy atom. The Labute approximate surface area is 257 Å². The van der Waals surface area contributed by atoms with E-state index >= 15 is 0 Å². The van der Waals surface area contributed by atoms with Crippen LogP contribution in [0.3, 0.4) is 0 Å². The summed E-state index contributed by atoms with van der Waals surface area (Å²) in [6.07, 6.45) is 5.19. The molecule has 0 unspecified atom stereocenters. The van der Waals surface area contributed by atoms with Gasteiger partial charge in [0, 0.05) is 31.3 Å². The normalized spacial score (nSPS) is 23.3. The average Bonchev–Trinajstić information content (AvgIpc) is 3.50. The van der Waals surface area contributed by atoms with E-state index in [4.69, 9.17) is 4.74 Å². The minimum absolute atomic E-state index is 0.0148. The number of carbonyl (C=O) groups excluding carboxylic acids is 3. The molecule has 2 heterocycles. The second-order valence-corrected chi connectivity index (χ2v) is 13.0. The Morgan fingerprint density at radius 3 is 1.77 bits per heavy atom. The van der Waals surface area contributed by atoms with Gasteiger partial charge in [0.25, 0.3) is 0 Å². The van der Waals surface area contributed by atoms with Gasteiger partial charge in [-0.25, -0.2) is 0 Å². The van der Waals surface area contributed by atoms with Crippen LogP contribution in [-0.4, -0.2) is 58.0 Å². The van der Waals surface area contributed by atoms with Gasteiger partial charge in [0.15, 0.2) is 0 Å². The number of benzene rings is 2. The lowest BCUT2D eigenvalue weighted by Gasteiger charge is -2.31. The molecule has 2 aliphatic heterocycles. The summed E-state index contributed by atoms with van der Waals surface area (Å²) in [7, 11) is 0. The molecule has 0 bridgehead atoms. The van der Waals surface area contributed by atoms with Gasteiger partial charge in [0.2, 0.25) is 11.8 Å². The fourth-order valence-electron chi connectivity index (χ4n) is 5.95. The third-order valence-electron chi connectivity index (χ3n) is 8.41. The quantitative estimate of drug-likeness (QED) is 0.256. The molecule has 2 saturated heterocycles. The van der Waals surface area contributed by atoms with Gasteiger partial charge in [-0.15, -0.1) is 13.2 Å². The second kappa shape index (κ2) is 14.2. The number of carbonyl (C=O) groups is 3. The molecule has 4 rings (SSSR count). The lowest BCUT2D eigenvalue weighted by atomic mass is 9.83. The fourth-order valence-corrected chi connectivity index (χ4v) is 5.95. The van der Waals surface area contributed by atoms with Crippen molar-refractivity contribution in [3.63, 3.8) is 0 Å². The van der Waals surface area contributed by atoms with Crippen LogP contribution in [0.2, 0.25) is 0 Å². The summed E-state index contributed by atoms with van der Waals surface area (Å²) < 4.78 is 5.59. The molecule has 0 radical (unpaired) electrons. The van der Waals surface area contributed by atoms with Crippen molar-refractivity contribution in [2.75, 3.05) is 19.7 Å². The highest BCUT2D eigenvalue weighted by molar-refractivity contribution is 5.90. The molecule has 2 aliphatic rings. The smallest absolute Gasteiger partial charge is 0.315 e. The van der Waals surface area contributed by atoms with Crippen LogP contribution in [0, 0.1) is 10.8 Å². The van der Waals surface area contributed by atoms with Crippen molar-refractivity contribution in [3.05, 3.63) is 97.1 Å². The Balaban J connectivity index is 0.000000242. The average molecular weight is 589 g/mol. The molecule has 0 aromatic heterocycles. The van der Waals surface area contributed by atoms with Gasteiger partial charge in [-0.1, -0.05) is 72.8 Å². The lowest BCUT2D eigenvalue weighted by Crippen LogP contribution is -2.40. The molecule has 7 heteroatoms. The molecular formula is C36H48N2O5. The summed E-state index contributed by atoms with van der Waals surface area (Å²) in [4.78, 5) is 41.3. The number of amides is 2. The summed E-state index contributed by atoms with van der Waals surface area (Å²) in [5, 5.41) is 9.61. The van der Waals surface area contributed by atoms with Gasteiger partial charge in [-0.3, -0.25) is 14.4 Å². The third kappa shape index (κ3) is 8.23. The first-order valence-electron chi connectivity index (χ1n) is 15.1. The van der Waals surface area contributed by atoms with Crippen molar-refractivity contribution < 1.29 is 24.2 Å². The van der Waals surface area contributed by atoms with Crippen LogP contribution in [0.5, 0.6) is 0 Å². The van der Waals surface area contributed by atoms with E-state index in [0.29, 0.717) is 32.4 Å². The molecule has 2 aromatic carbocycles. The van der Waals surface area contributed by atoms with E-state index in [2.05, 4.69) is 13.2 Å². The van der Waals surface area contributed by atoms with Gasteiger partial charge >= 0.3 is 5.97 Å². The van der Waals surface area contributed by atoms with Crippen LogP contribution in [0.25, 0.3) is 0 Å².